The van der Waals surface area contributed by atoms with E-state index in [2.05, 4.69) is 4.90 Å². The number of ether oxygens (including phenoxy) is 2. The summed E-state index contributed by atoms with van der Waals surface area (Å²) in [7, 11) is 0. The Hall–Kier alpha value is -4.01. The second-order valence-corrected chi connectivity index (χ2v) is 10.1. The van der Waals surface area contributed by atoms with Crippen molar-refractivity contribution >= 4 is 17.4 Å². The molecule has 1 N–H and O–H groups in total. The number of amides is 1. The molecule has 2 fully saturated rings. The number of hydrogen-bond acceptors (Lipinski definition) is 6. The number of likely N-dealkylation sites (tertiary alicyclic amines) is 1. The maximum atomic E-state index is 13.8. The van der Waals surface area contributed by atoms with Gasteiger partial charge in [0, 0.05) is 31.7 Å². The summed E-state index contributed by atoms with van der Waals surface area (Å²) in [5.41, 5.74) is 2.77. The zero-order valence-corrected chi connectivity index (χ0v) is 22.5. The molecule has 0 spiro atoms. The molecule has 3 aromatic rings. The van der Waals surface area contributed by atoms with Crippen LogP contribution in [0.25, 0.3) is 5.76 Å². The van der Waals surface area contributed by atoms with Gasteiger partial charge in [0.2, 0.25) is 0 Å². The minimum absolute atomic E-state index is 0.000310. The molecule has 40 heavy (non-hydrogen) atoms. The molecular weight excluding hydrogens is 511 g/mol. The highest BCUT2D eigenvalue weighted by atomic mass is 19.1. The molecule has 5 rings (SSSR count). The third kappa shape index (κ3) is 6.08. The van der Waals surface area contributed by atoms with Crippen molar-refractivity contribution in [2.45, 2.75) is 26.0 Å². The SMILES string of the molecule is Cc1cc(C(O)=C2C(=O)C(=O)N(CCCN3CCOCC3)[C@H]2c2ccc(F)cc2)ccc1OCc1ccccc1. The maximum absolute atomic E-state index is 13.8. The van der Waals surface area contributed by atoms with E-state index in [0.717, 1.165) is 30.8 Å². The van der Waals surface area contributed by atoms with Gasteiger partial charge >= 0.3 is 0 Å². The van der Waals surface area contributed by atoms with E-state index >= 15 is 0 Å². The average molecular weight is 545 g/mol. The zero-order valence-electron chi connectivity index (χ0n) is 22.5. The lowest BCUT2D eigenvalue weighted by molar-refractivity contribution is -0.140. The molecule has 0 aliphatic carbocycles. The Kier molecular flexibility index (Phi) is 8.57. The largest absolute Gasteiger partial charge is 0.507 e. The molecule has 2 saturated heterocycles. The first-order chi connectivity index (χ1) is 19.4. The number of carbonyl (C=O) groups excluding carboxylic acids is 2. The molecule has 1 atom stereocenters. The molecule has 7 nitrogen and oxygen atoms in total. The fraction of sp³-hybridized carbons (Fsp3) is 0.312. The summed E-state index contributed by atoms with van der Waals surface area (Å²) in [5.74, 6) is -1.45. The number of ketones is 1. The molecule has 208 valence electrons. The summed E-state index contributed by atoms with van der Waals surface area (Å²) in [6.45, 7) is 6.34. The van der Waals surface area contributed by atoms with Crippen molar-refractivity contribution in [2.24, 2.45) is 0 Å². The Balaban J connectivity index is 1.41. The van der Waals surface area contributed by atoms with Crippen LogP contribution >= 0.6 is 0 Å². The number of morpholine rings is 1. The third-order valence-corrected chi connectivity index (χ3v) is 7.39. The highest BCUT2D eigenvalue weighted by Crippen LogP contribution is 2.40. The number of aryl methyl sites for hydroxylation is 1. The van der Waals surface area contributed by atoms with E-state index in [1.165, 1.54) is 17.0 Å². The molecule has 2 aliphatic heterocycles. The van der Waals surface area contributed by atoms with Gasteiger partial charge in [-0.05, 0) is 60.4 Å². The molecule has 0 bridgehead atoms. The van der Waals surface area contributed by atoms with Gasteiger partial charge in [0.25, 0.3) is 11.7 Å². The van der Waals surface area contributed by atoms with Crippen molar-refractivity contribution < 1.29 is 28.6 Å². The summed E-state index contributed by atoms with van der Waals surface area (Å²) < 4.78 is 25.1. The van der Waals surface area contributed by atoms with Gasteiger partial charge in [-0.1, -0.05) is 42.5 Å². The van der Waals surface area contributed by atoms with Gasteiger partial charge in [0.15, 0.2) is 0 Å². The molecule has 1 amide bonds. The van der Waals surface area contributed by atoms with E-state index in [1.807, 2.05) is 37.3 Å². The smallest absolute Gasteiger partial charge is 0.295 e. The number of aliphatic hydroxyl groups is 1. The average Bonchev–Trinajstić information content (AvgIpc) is 3.22. The summed E-state index contributed by atoms with van der Waals surface area (Å²) >= 11 is 0. The van der Waals surface area contributed by atoms with Crippen LogP contribution in [0.4, 0.5) is 4.39 Å². The number of carbonyl (C=O) groups is 2. The van der Waals surface area contributed by atoms with E-state index in [-0.39, 0.29) is 11.3 Å². The first-order valence-corrected chi connectivity index (χ1v) is 13.5. The second-order valence-electron chi connectivity index (χ2n) is 10.1. The molecule has 0 radical (unpaired) electrons. The Labute approximate surface area is 233 Å². The van der Waals surface area contributed by atoms with Crippen LogP contribution in [0.3, 0.4) is 0 Å². The van der Waals surface area contributed by atoms with Gasteiger partial charge in [-0.3, -0.25) is 14.5 Å². The standard InChI is InChI=1S/C32H33FN2O5/c1-22-20-25(10-13-27(22)40-21-23-6-3-2-4-7-23)30(36)28-29(24-8-11-26(33)12-9-24)35(32(38)31(28)37)15-5-14-34-16-18-39-19-17-34/h2-4,6-13,20,29,36H,5,14-19,21H2,1H3/t29-/m0/s1. The Bertz CT molecular complexity index is 1380. The highest BCUT2D eigenvalue weighted by molar-refractivity contribution is 6.46. The van der Waals surface area contributed by atoms with E-state index in [4.69, 9.17) is 9.47 Å². The number of benzene rings is 3. The second kappa shape index (κ2) is 12.4. The first kappa shape index (κ1) is 27.6. The number of hydrogen-bond donors (Lipinski definition) is 1. The number of Topliss-reactive ketones (excluding diaryl/α,β-unsaturated/α-hetero) is 1. The van der Waals surface area contributed by atoms with E-state index in [0.29, 0.717) is 49.7 Å². The van der Waals surface area contributed by atoms with Crippen molar-refractivity contribution in [1.29, 1.82) is 0 Å². The summed E-state index contributed by atoms with van der Waals surface area (Å²) in [4.78, 5) is 30.3. The van der Waals surface area contributed by atoms with Crippen LogP contribution in [0.2, 0.25) is 0 Å². The van der Waals surface area contributed by atoms with Crippen LogP contribution in [-0.2, 0) is 20.9 Å². The van der Waals surface area contributed by atoms with Crippen molar-refractivity contribution in [1.82, 2.24) is 9.80 Å². The van der Waals surface area contributed by atoms with Crippen LogP contribution in [0.15, 0.2) is 78.4 Å². The topological polar surface area (TPSA) is 79.3 Å². The van der Waals surface area contributed by atoms with Gasteiger partial charge in [-0.2, -0.15) is 0 Å². The quantitative estimate of drug-likeness (QED) is 0.236. The molecular formula is C32H33FN2O5. The maximum Gasteiger partial charge on any atom is 0.295 e. The van der Waals surface area contributed by atoms with Crippen molar-refractivity contribution in [3.63, 3.8) is 0 Å². The predicted octanol–water partition coefficient (Wildman–Crippen LogP) is 4.86. The molecule has 8 heteroatoms. The normalized spacial score (nSPS) is 19.2. The van der Waals surface area contributed by atoms with Crippen LogP contribution < -0.4 is 4.74 Å². The number of aliphatic hydroxyl groups excluding tert-OH is 1. The zero-order chi connectivity index (χ0) is 28.1. The van der Waals surface area contributed by atoms with Gasteiger partial charge in [-0.25, -0.2) is 4.39 Å². The van der Waals surface area contributed by atoms with Crippen LogP contribution in [-0.4, -0.2) is 66.0 Å². The van der Waals surface area contributed by atoms with Crippen LogP contribution in [0.5, 0.6) is 5.75 Å². The van der Waals surface area contributed by atoms with Crippen LogP contribution in [0.1, 0.15) is 34.7 Å². The fourth-order valence-corrected chi connectivity index (χ4v) is 5.24. The van der Waals surface area contributed by atoms with E-state index < -0.39 is 23.5 Å². The van der Waals surface area contributed by atoms with Crippen molar-refractivity contribution in [3.8, 4) is 5.75 Å². The lowest BCUT2D eigenvalue weighted by atomic mass is 9.94. The Morgan fingerprint density at radius 1 is 1.00 bits per heavy atom. The number of halogens is 1. The number of nitrogens with zero attached hydrogens (tertiary/aromatic N) is 2. The predicted molar refractivity (Wildman–Crippen MR) is 149 cm³/mol. The van der Waals surface area contributed by atoms with Crippen molar-refractivity contribution in [3.05, 3.63) is 106 Å². The first-order valence-electron chi connectivity index (χ1n) is 13.5. The molecule has 3 aromatic carbocycles. The minimum atomic E-state index is -0.820. The fourth-order valence-electron chi connectivity index (χ4n) is 5.24. The van der Waals surface area contributed by atoms with Gasteiger partial charge in [-0.15, -0.1) is 0 Å². The third-order valence-electron chi connectivity index (χ3n) is 7.39. The van der Waals surface area contributed by atoms with Gasteiger partial charge in [0.1, 0.15) is 23.9 Å². The van der Waals surface area contributed by atoms with Crippen molar-refractivity contribution in [2.75, 3.05) is 39.4 Å². The van der Waals surface area contributed by atoms with Gasteiger partial charge < -0.3 is 19.5 Å². The molecule has 0 saturated carbocycles. The lowest BCUT2D eigenvalue weighted by Crippen LogP contribution is -2.38. The van der Waals surface area contributed by atoms with Gasteiger partial charge in [0.05, 0.1) is 24.8 Å². The monoisotopic (exact) mass is 544 g/mol. The highest BCUT2D eigenvalue weighted by Gasteiger charge is 2.45. The molecule has 0 aromatic heterocycles. The number of rotatable bonds is 9. The minimum Gasteiger partial charge on any atom is -0.507 e. The Morgan fingerprint density at radius 3 is 2.42 bits per heavy atom. The van der Waals surface area contributed by atoms with E-state index in [1.54, 1.807) is 30.3 Å². The summed E-state index contributed by atoms with van der Waals surface area (Å²) in [5, 5.41) is 11.4. The molecule has 0 unspecified atom stereocenters. The summed E-state index contributed by atoms with van der Waals surface area (Å²) in [6, 6.07) is 19.8. The lowest BCUT2D eigenvalue weighted by Gasteiger charge is -2.29. The van der Waals surface area contributed by atoms with Crippen LogP contribution in [0, 0.1) is 12.7 Å². The van der Waals surface area contributed by atoms with E-state index in [9.17, 15) is 19.1 Å². The molecule has 2 aliphatic rings. The summed E-state index contributed by atoms with van der Waals surface area (Å²) in [6.07, 6.45) is 0.650. The Morgan fingerprint density at radius 2 is 1.73 bits per heavy atom. The molecule has 2 heterocycles.